The molecule has 20 heavy (non-hydrogen) atoms. The Hall–Kier alpha value is -2.79. The minimum absolute atomic E-state index is 0.138. The summed E-state index contributed by atoms with van der Waals surface area (Å²) >= 11 is 0. The largest absolute Gasteiger partial charge is 0.358 e. The molecule has 0 fully saturated rings. The number of carbonyl (C=O) groups is 1. The molecule has 1 amide bonds. The molecule has 100 valence electrons. The Bertz CT molecular complexity index is 686. The summed E-state index contributed by atoms with van der Waals surface area (Å²) in [7, 11) is 0. The standard InChI is InChI=1S/C13H12N6O/c14-19-16-7-9-5-12-10(13(20)17-9)6-11(18-12)8-1-3-15-4-2-8/h1-4,6,9,18H,5,7H2,(H,17,20). The summed E-state index contributed by atoms with van der Waals surface area (Å²) in [6, 6.07) is 5.44. The van der Waals surface area contributed by atoms with Crippen molar-refractivity contribution < 1.29 is 4.79 Å². The number of rotatable bonds is 3. The van der Waals surface area contributed by atoms with Gasteiger partial charge in [-0.05, 0) is 23.7 Å². The molecular weight excluding hydrogens is 256 g/mol. The highest BCUT2D eigenvalue weighted by molar-refractivity contribution is 5.98. The third-order valence-corrected chi connectivity index (χ3v) is 3.29. The second-order valence-electron chi connectivity index (χ2n) is 4.60. The molecule has 0 aromatic carbocycles. The number of pyridine rings is 1. The Balaban J connectivity index is 1.91. The number of fused-ring (bicyclic) bond motifs is 1. The first kappa shape index (κ1) is 12.3. The fourth-order valence-corrected chi connectivity index (χ4v) is 2.35. The van der Waals surface area contributed by atoms with Crippen molar-refractivity contribution in [1.29, 1.82) is 0 Å². The smallest absolute Gasteiger partial charge is 0.253 e. The number of aromatic amines is 1. The van der Waals surface area contributed by atoms with Gasteiger partial charge in [0.2, 0.25) is 0 Å². The molecule has 3 rings (SSSR count). The lowest BCUT2D eigenvalue weighted by Gasteiger charge is -2.21. The second kappa shape index (κ2) is 5.07. The van der Waals surface area contributed by atoms with E-state index in [4.69, 9.17) is 5.53 Å². The maximum atomic E-state index is 12.0. The number of aromatic nitrogens is 2. The summed E-state index contributed by atoms with van der Waals surface area (Å²) in [5.74, 6) is -0.138. The molecule has 1 aliphatic heterocycles. The molecule has 1 aliphatic rings. The van der Waals surface area contributed by atoms with E-state index in [1.807, 2.05) is 18.2 Å². The Labute approximate surface area is 114 Å². The molecule has 0 saturated carbocycles. The van der Waals surface area contributed by atoms with Gasteiger partial charge in [-0.15, -0.1) is 0 Å². The number of hydrogen-bond acceptors (Lipinski definition) is 3. The van der Waals surface area contributed by atoms with E-state index < -0.39 is 0 Å². The van der Waals surface area contributed by atoms with Crippen LogP contribution < -0.4 is 5.32 Å². The van der Waals surface area contributed by atoms with Crippen molar-refractivity contribution in [3.63, 3.8) is 0 Å². The van der Waals surface area contributed by atoms with E-state index in [0.29, 0.717) is 12.0 Å². The first-order chi connectivity index (χ1) is 9.78. The highest BCUT2D eigenvalue weighted by Gasteiger charge is 2.26. The van der Waals surface area contributed by atoms with Crippen LogP contribution in [-0.2, 0) is 6.42 Å². The minimum atomic E-state index is -0.158. The topological polar surface area (TPSA) is 107 Å². The van der Waals surface area contributed by atoms with E-state index in [9.17, 15) is 4.79 Å². The quantitative estimate of drug-likeness (QED) is 0.505. The molecule has 1 unspecified atom stereocenters. The number of nitrogens with zero attached hydrogens (tertiary/aromatic N) is 4. The van der Waals surface area contributed by atoms with E-state index >= 15 is 0 Å². The average molecular weight is 268 g/mol. The van der Waals surface area contributed by atoms with Crippen LogP contribution in [0.3, 0.4) is 0 Å². The molecule has 7 nitrogen and oxygen atoms in total. The summed E-state index contributed by atoms with van der Waals surface area (Å²) in [6.07, 6.45) is 4.05. The summed E-state index contributed by atoms with van der Waals surface area (Å²) < 4.78 is 0. The van der Waals surface area contributed by atoms with E-state index in [0.717, 1.165) is 17.0 Å². The minimum Gasteiger partial charge on any atom is -0.358 e. The van der Waals surface area contributed by atoms with Crippen molar-refractivity contribution in [2.45, 2.75) is 12.5 Å². The maximum Gasteiger partial charge on any atom is 0.253 e. The highest BCUT2D eigenvalue weighted by Crippen LogP contribution is 2.24. The molecular formula is C13H12N6O. The molecule has 2 aromatic heterocycles. The van der Waals surface area contributed by atoms with Crippen molar-refractivity contribution in [2.75, 3.05) is 6.54 Å². The molecule has 7 heteroatoms. The SMILES string of the molecule is [N-]=[N+]=NCC1Cc2[nH]c(-c3ccncc3)cc2C(=O)N1. The predicted octanol–water partition coefficient (Wildman–Crippen LogP) is 2.04. The normalized spacial score (nSPS) is 17.0. The molecule has 2 aromatic rings. The van der Waals surface area contributed by atoms with Crippen LogP contribution in [-0.4, -0.2) is 28.5 Å². The van der Waals surface area contributed by atoms with Crippen LogP contribution in [0.15, 0.2) is 35.7 Å². The summed E-state index contributed by atoms with van der Waals surface area (Å²) in [4.78, 5) is 22.0. The van der Waals surface area contributed by atoms with Gasteiger partial charge in [0.05, 0.1) is 5.56 Å². The average Bonchev–Trinajstić information content (AvgIpc) is 2.91. The summed E-state index contributed by atoms with van der Waals surface area (Å²) in [6.45, 7) is 0.255. The van der Waals surface area contributed by atoms with Gasteiger partial charge in [0.1, 0.15) is 0 Å². The maximum absolute atomic E-state index is 12.0. The lowest BCUT2D eigenvalue weighted by Crippen LogP contribution is -2.42. The zero-order valence-electron chi connectivity index (χ0n) is 10.6. The van der Waals surface area contributed by atoms with Crippen molar-refractivity contribution in [3.05, 3.63) is 52.3 Å². The number of azide groups is 1. The molecule has 1 atom stereocenters. The monoisotopic (exact) mass is 268 g/mol. The van der Waals surface area contributed by atoms with Crippen molar-refractivity contribution in [3.8, 4) is 11.3 Å². The molecule has 2 N–H and O–H groups in total. The number of amides is 1. The Morgan fingerprint density at radius 1 is 1.45 bits per heavy atom. The number of H-pyrrole nitrogens is 1. The van der Waals surface area contributed by atoms with E-state index in [2.05, 4.69) is 25.3 Å². The van der Waals surface area contributed by atoms with Gasteiger partial charge in [-0.2, -0.15) is 0 Å². The zero-order valence-corrected chi connectivity index (χ0v) is 10.6. The highest BCUT2D eigenvalue weighted by atomic mass is 16.1. The first-order valence-corrected chi connectivity index (χ1v) is 6.22. The van der Waals surface area contributed by atoms with Crippen molar-refractivity contribution in [1.82, 2.24) is 15.3 Å². The van der Waals surface area contributed by atoms with E-state index in [-0.39, 0.29) is 18.5 Å². The van der Waals surface area contributed by atoms with Gasteiger partial charge in [0.15, 0.2) is 0 Å². The van der Waals surface area contributed by atoms with Crippen LogP contribution in [0.2, 0.25) is 0 Å². The Morgan fingerprint density at radius 2 is 2.25 bits per heavy atom. The summed E-state index contributed by atoms with van der Waals surface area (Å²) in [5.41, 5.74) is 11.7. The lowest BCUT2D eigenvalue weighted by atomic mass is 10.0. The fraction of sp³-hybridized carbons (Fsp3) is 0.231. The molecule has 3 heterocycles. The molecule has 0 spiro atoms. The van der Waals surface area contributed by atoms with E-state index in [1.54, 1.807) is 12.4 Å². The van der Waals surface area contributed by atoms with Crippen molar-refractivity contribution >= 4 is 5.91 Å². The van der Waals surface area contributed by atoms with Crippen LogP contribution >= 0.6 is 0 Å². The predicted molar refractivity (Wildman–Crippen MR) is 73.0 cm³/mol. The summed E-state index contributed by atoms with van der Waals surface area (Å²) in [5, 5.41) is 6.35. The van der Waals surface area contributed by atoms with Gasteiger partial charge < -0.3 is 10.3 Å². The van der Waals surface area contributed by atoms with Gasteiger partial charge >= 0.3 is 0 Å². The zero-order chi connectivity index (χ0) is 13.9. The van der Waals surface area contributed by atoms with Crippen LogP contribution in [0.1, 0.15) is 16.1 Å². The van der Waals surface area contributed by atoms with Crippen LogP contribution in [0.25, 0.3) is 21.7 Å². The Kier molecular flexibility index (Phi) is 3.10. The van der Waals surface area contributed by atoms with Crippen LogP contribution in [0.4, 0.5) is 0 Å². The third kappa shape index (κ3) is 2.22. The fourth-order valence-electron chi connectivity index (χ4n) is 2.35. The van der Waals surface area contributed by atoms with Gasteiger partial charge in [0.25, 0.3) is 5.91 Å². The Morgan fingerprint density at radius 3 is 3.00 bits per heavy atom. The molecule has 0 radical (unpaired) electrons. The number of hydrogen-bond donors (Lipinski definition) is 2. The second-order valence-corrected chi connectivity index (χ2v) is 4.60. The van der Waals surface area contributed by atoms with Gasteiger partial charge in [-0.25, -0.2) is 0 Å². The van der Waals surface area contributed by atoms with E-state index in [1.165, 1.54) is 0 Å². The lowest BCUT2D eigenvalue weighted by molar-refractivity contribution is 0.0927. The molecule has 0 bridgehead atoms. The molecule has 0 aliphatic carbocycles. The van der Waals surface area contributed by atoms with Gasteiger partial charge in [-0.1, -0.05) is 5.11 Å². The van der Waals surface area contributed by atoms with Crippen molar-refractivity contribution in [2.24, 2.45) is 5.11 Å². The molecule has 0 saturated heterocycles. The van der Waals surface area contributed by atoms with Gasteiger partial charge in [0, 0.05) is 53.3 Å². The number of carbonyl (C=O) groups excluding carboxylic acids is 1. The number of nitrogens with one attached hydrogen (secondary N) is 2. The van der Waals surface area contributed by atoms with Crippen LogP contribution in [0.5, 0.6) is 0 Å². The third-order valence-electron chi connectivity index (χ3n) is 3.29. The van der Waals surface area contributed by atoms with Crippen LogP contribution in [0, 0.1) is 0 Å². The van der Waals surface area contributed by atoms with Gasteiger partial charge in [-0.3, -0.25) is 9.78 Å². The first-order valence-electron chi connectivity index (χ1n) is 6.22.